The molecule has 7 nitrogen and oxygen atoms in total. The van der Waals surface area contributed by atoms with Crippen molar-refractivity contribution in [1.29, 1.82) is 0 Å². The first-order valence-corrected chi connectivity index (χ1v) is 6.69. The minimum absolute atomic E-state index is 0.112. The van der Waals surface area contributed by atoms with Gasteiger partial charge in [-0.2, -0.15) is 5.10 Å². The van der Waals surface area contributed by atoms with E-state index >= 15 is 0 Å². The predicted molar refractivity (Wildman–Crippen MR) is 84.2 cm³/mol. The molecule has 0 aliphatic carbocycles. The average molecular weight is 329 g/mol. The number of amides is 2. The second-order valence-corrected chi connectivity index (χ2v) is 4.56. The fourth-order valence-corrected chi connectivity index (χ4v) is 1.67. The van der Waals surface area contributed by atoms with Gasteiger partial charge < -0.3 is 10.4 Å². The molecule has 0 spiro atoms. The van der Waals surface area contributed by atoms with Crippen molar-refractivity contribution in [1.82, 2.24) is 5.43 Å². The van der Waals surface area contributed by atoms with E-state index in [9.17, 15) is 18.8 Å². The van der Waals surface area contributed by atoms with Gasteiger partial charge in [0.1, 0.15) is 5.82 Å². The Morgan fingerprint density at radius 2 is 1.67 bits per heavy atom. The number of para-hydroxylation sites is 1. The Bertz CT molecular complexity index is 803. The van der Waals surface area contributed by atoms with Gasteiger partial charge in [0.15, 0.2) is 0 Å². The van der Waals surface area contributed by atoms with Crippen LogP contribution in [0.5, 0.6) is 0 Å². The van der Waals surface area contributed by atoms with Gasteiger partial charge in [0.25, 0.3) is 0 Å². The topological polar surface area (TPSA) is 108 Å². The lowest BCUT2D eigenvalue weighted by Crippen LogP contribution is -2.32. The van der Waals surface area contributed by atoms with Crippen molar-refractivity contribution in [3.8, 4) is 0 Å². The summed E-state index contributed by atoms with van der Waals surface area (Å²) in [6.45, 7) is 0. The fraction of sp³-hybridized carbons (Fsp3) is 0. The highest BCUT2D eigenvalue weighted by atomic mass is 19.1. The molecule has 0 aliphatic rings. The number of carboxylic acid groups (broad SMARTS) is 1. The number of hydrogen-bond donors (Lipinski definition) is 3. The summed E-state index contributed by atoms with van der Waals surface area (Å²) in [5.41, 5.74) is 2.50. The molecule has 0 bridgehead atoms. The number of halogens is 1. The van der Waals surface area contributed by atoms with Crippen molar-refractivity contribution < 1.29 is 23.9 Å². The van der Waals surface area contributed by atoms with Crippen molar-refractivity contribution in [3.63, 3.8) is 0 Å². The lowest BCUT2D eigenvalue weighted by atomic mass is 10.1. The third kappa shape index (κ3) is 4.47. The van der Waals surface area contributed by atoms with Gasteiger partial charge in [-0.3, -0.25) is 9.59 Å². The summed E-state index contributed by atoms with van der Waals surface area (Å²) in [7, 11) is 0. The molecule has 0 heterocycles. The van der Waals surface area contributed by atoms with E-state index in [2.05, 4.69) is 10.4 Å². The molecule has 0 aromatic heterocycles. The summed E-state index contributed by atoms with van der Waals surface area (Å²) >= 11 is 0. The molecule has 2 aromatic rings. The Morgan fingerprint density at radius 1 is 1.00 bits per heavy atom. The summed E-state index contributed by atoms with van der Waals surface area (Å²) in [5.74, 6) is -3.87. The summed E-state index contributed by atoms with van der Waals surface area (Å²) in [5, 5.41) is 14.5. The van der Waals surface area contributed by atoms with E-state index in [0.717, 1.165) is 6.07 Å². The fourth-order valence-electron chi connectivity index (χ4n) is 1.67. The Labute approximate surface area is 135 Å². The molecule has 3 N–H and O–H groups in total. The van der Waals surface area contributed by atoms with Gasteiger partial charge in [-0.05, 0) is 29.8 Å². The van der Waals surface area contributed by atoms with Gasteiger partial charge in [-0.1, -0.05) is 24.3 Å². The number of carbonyl (C=O) groups excluding carboxylic acids is 2. The molecular formula is C16H12FN3O4. The van der Waals surface area contributed by atoms with Crippen molar-refractivity contribution in [3.05, 3.63) is 65.5 Å². The normalized spacial score (nSPS) is 10.4. The number of nitrogens with zero attached hydrogens (tertiary/aromatic N) is 1. The van der Waals surface area contributed by atoms with Crippen LogP contribution in [-0.2, 0) is 9.59 Å². The van der Waals surface area contributed by atoms with Crippen LogP contribution in [0.2, 0.25) is 0 Å². The monoisotopic (exact) mass is 329 g/mol. The third-order valence-electron chi connectivity index (χ3n) is 2.87. The first-order chi connectivity index (χ1) is 11.5. The largest absolute Gasteiger partial charge is 0.478 e. The second kappa shape index (κ2) is 7.63. The first-order valence-electron chi connectivity index (χ1n) is 6.69. The van der Waals surface area contributed by atoms with Crippen LogP contribution >= 0.6 is 0 Å². The standard InChI is InChI=1S/C16H12FN3O4/c17-12-3-1-2-4-13(12)19-14(21)15(22)20-18-9-10-5-7-11(8-6-10)16(23)24/h1-9H,(H,19,21)(H,20,22)(H,23,24)/b18-9-. The van der Waals surface area contributed by atoms with E-state index in [-0.39, 0.29) is 11.3 Å². The van der Waals surface area contributed by atoms with Gasteiger partial charge in [0.05, 0.1) is 17.5 Å². The number of hydrazone groups is 1. The molecule has 2 amide bonds. The molecule has 24 heavy (non-hydrogen) atoms. The van der Waals surface area contributed by atoms with Gasteiger partial charge in [-0.25, -0.2) is 14.6 Å². The van der Waals surface area contributed by atoms with E-state index in [0.29, 0.717) is 5.56 Å². The van der Waals surface area contributed by atoms with Crippen molar-refractivity contribution in [2.24, 2.45) is 5.10 Å². The molecule has 122 valence electrons. The van der Waals surface area contributed by atoms with E-state index in [4.69, 9.17) is 5.11 Å². The van der Waals surface area contributed by atoms with Crippen LogP contribution in [0.25, 0.3) is 0 Å². The smallest absolute Gasteiger partial charge is 0.335 e. The van der Waals surface area contributed by atoms with Crippen LogP contribution in [0.1, 0.15) is 15.9 Å². The Kier molecular flexibility index (Phi) is 5.35. The van der Waals surface area contributed by atoms with Crippen LogP contribution < -0.4 is 10.7 Å². The Morgan fingerprint density at radius 3 is 2.29 bits per heavy atom. The van der Waals surface area contributed by atoms with Crippen LogP contribution in [0.15, 0.2) is 53.6 Å². The number of anilines is 1. The van der Waals surface area contributed by atoms with Gasteiger partial charge in [0, 0.05) is 0 Å². The number of nitrogens with one attached hydrogen (secondary N) is 2. The zero-order valence-corrected chi connectivity index (χ0v) is 12.2. The van der Waals surface area contributed by atoms with Gasteiger partial charge >= 0.3 is 17.8 Å². The highest BCUT2D eigenvalue weighted by Gasteiger charge is 2.14. The zero-order chi connectivity index (χ0) is 17.5. The molecule has 0 saturated heterocycles. The average Bonchev–Trinajstić information content (AvgIpc) is 2.57. The van der Waals surface area contributed by atoms with Crippen LogP contribution in [0.3, 0.4) is 0 Å². The molecule has 0 aliphatic heterocycles. The van der Waals surface area contributed by atoms with Gasteiger partial charge in [-0.15, -0.1) is 0 Å². The lowest BCUT2D eigenvalue weighted by molar-refractivity contribution is -0.136. The van der Waals surface area contributed by atoms with Crippen molar-refractivity contribution >= 4 is 29.7 Å². The summed E-state index contributed by atoms with van der Waals surface area (Å²) in [6.07, 6.45) is 1.24. The quantitative estimate of drug-likeness (QED) is 0.450. The van der Waals surface area contributed by atoms with Crippen molar-refractivity contribution in [2.75, 3.05) is 5.32 Å². The number of carbonyl (C=O) groups is 3. The van der Waals surface area contributed by atoms with Gasteiger partial charge in [0.2, 0.25) is 0 Å². The number of aromatic carboxylic acids is 1. The minimum atomic E-state index is -1.07. The first kappa shape index (κ1) is 16.8. The molecule has 0 unspecified atom stereocenters. The molecular weight excluding hydrogens is 317 g/mol. The van der Waals surface area contributed by atoms with E-state index in [1.54, 1.807) is 0 Å². The van der Waals surface area contributed by atoms with Crippen molar-refractivity contribution in [2.45, 2.75) is 0 Å². The molecule has 0 saturated carbocycles. The van der Waals surface area contributed by atoms with Crippen LogP contribution in [-0.4, -0.2) is 29.1 Å². The maximum absolute atomic E-state index is 13.4. The Balaban J connectivity index is 1.91. The number of benzene rings is 2. The number of carboxylic acids is 1. The lowest BCUT2D eigenvalue weighted by Gasteiger charge is -2.04. The summed E-state index contributed by atoms with van der Waals surface area (Å²) in [6, 6.07) is 11.1. The molecule has 0 fully saturated rings. The maximum Gasteiger partial charge on any atom is 0.335 e. The zero-order valence-electron chi connectivity index (χ0n) is 12.2. The van der Waals surface area contributed by atoms with Crippen LogP contribution in [0.4, 0.5) is 10.1 Å². The summed E-state index contributed by atoms with van der Waals surface area (Å²) in [4.78, 5) is 33.9. The van der Waals surface area contributed by atoms with E-state index in [1.165, 1.54) is 48.7 Å². The predicted octanol–water partition coefficient (Wildman–Crippen LogP) is 1.61. The molecule has 2 aromatic carbocycles. The number of hydrogen-bond acceptors (Lipinski definition) is 4. The second-order valence-electron chi connectivity index (χ2n) is 4.56. The third-order valence-corrected chi connectivity index (χ3v) is 2.87. The van der Waals surface area contributed by atoms with E-state index < -0.39 is 23.6 Å². The minimum Gasteiger partial charge on any atom is -0.478 e. The van der Waals surface area contributed by atoms with E-state index in [1.807, 2.05) is 5.43 Å². The molecule has 0 radical (unpaired) electrons. The molecule has 0 atom stereocenters. The highest BCUT2D eigenvalue weighted by molar-refractivity contribution is 6.39. The molecule has 8 heteroatoms. The maximum atomic E-state index is 13.4. The SMILES string of the molecule is O=C(N/N=C\c1ccc(C(=O)O)cc1)C(=O)Nc1ccccc1F. The number of rotatable bonds is 4. The van der Waals surface area contributed by atoms with Crippen LogP contribution in [0, 0.1) is 5.82 Å². The Hall–Kier alpha value is -3.55. The highest BCUT2D eigenvalue weighted by Crippen LogP contribution is 2.11. The summed E-state index contributed by atoms with van der Waals surface area (Å²) < 4.78 is 13.4. The molecule has 2 rings (SSSR count).